The van der Waals surface area contributed by atoms with E-state index in [0.717, 1.165) is 0 Å². The summed E-state index contributed by atoms with van der Waals surface area (Å²) in [6, 6.07) is 13.2. The van der Waals surface area contributed by atoms with Gasteiger partial charge < -0.3 is 24.1 Å². The predicted octanol–water partition coefficient (Wildman–Crippen LogP) is 3.54. The van der Waals surface area contributed by atoms with Crippen molar-refractivity contribution in [2.24, 2.45) is 0 Å². The molecule has 0 saturated heterocycles. The largest absolute Gasteiger partial charge is 0.507 e. The highest BCUT2D eigenvalue weighted by atomic mass is 16.5. The first-order valence-electron chi connectivity index (χ1n) is 10.9. The van der Waals surface area contributed by atoms with Crippen molar-refractivity contribution in [3.05, 3.63) is 59.8 Å². The smallest absolute Gasteiger partial charge is 0.357 e. The number of phenolic OH excluding ortho intramolecular Hbond substituents is 1. The van der Waals surface area contributed by atoms with E-state index in [1.165, 1.54) is 31.0 Å². The Kier molecular flexibility index (Phi) is 8.44. The first-order valence-corrected chi connectivity index (χ1v) is 10.9. The van der Waals surface area contributed by atoms with Crippen LogP contribution in [0.1, 0.15) is 40.6 Å². The fourth-order valence-corrected chi connectivity index (χ4v) is 3.38. The molecule has 1 N–H and O–H groups in total. The van der Waals surface area contributed by atoms with Crippen molar-refractivity contribution in [3.8, 4) is 28.4 Å². The highest BCUT2D eigenvalue weighted by molar-refractivity contribution is 6.07. The standard InChI is InChI=1S/C25H26N2O8/c1-4-34-20(29)11-8-14-35-17-12-13-18(19(28)15-17)22-21(24(30)32-2)23(25(31)33-3)27(26-22)16-9-6-5-7-10-16/h5-7,9-10,12-13,15,28H,4,8,11,14H2,1-3H3. The number of aromatic hydroxyl groups is 1. The van der Waals surface area contributed by atoms with Crippen LogP contribution in [0.25, 0.3) is 16.9 Å². The van der Waals surface area contributed by atoms with Crippen molar-refractivity contribution < 1.29 is 38.4 Å². The third-order valence-electron chi connectivity index (χ3n) is 4.98. The number of benzene rings is 2. The Morgan fingerprint density at radius 1 is 1.00 bits per heavy atom. The van der Waals surface area contributed by atoms with Crippen LogP contribution in [0.4, 0.5) is 0 Å². The summed E-state index contributed by atoms with van der Waals surface area (Å²) in [6.45, 7) is 2.29. The van der Waals surface area contributed by atoms with Crippen molar-refractivity contribution in [2.45, 2.75) is 19.8 Å². The van der Waals surface area contributed by atoms with E-state index >= 15 is 0 Å². The normalized spacial score (nSPS) is 10.5. The quantitative estimate of drug-likeness (QED) is 0.262. The summed E-state index contributed by atoms with van der Waals surface area (Å²) in [6.07, 6.45) is 0.658. The Morgan fingerprint density at radius 3 is 2.34 bits per heavy atom. The fraction of sp³-hybridized carbons (Fsp3) is 0.280. The lowest BCUT2D eigenvalue weighted by molar-refractivity contribution is -0.143. The van der Waals surface area contributed by atoms with Crippen LogP contribution in [0, 0.1) is 0 Å². The van der Waals surface area contributed by atoms with Gasteiger partial charge in [-0.1, -0.05) is 18.2 Å². The number of rotatable bonds is 10. The van der Waals surface area contributed by atoms with E-state index in [1.807, 2.05) is 0 Å². The third-order valence-corrected chi connectivity index (χ3v) is 4.98. The number of methoxy groups -OCH3 is 2. The molecular weight excluding hydrogens is 456 g/mol. The molecule has 10 heteroatoms. The van der Waals surface area contributed by atoms with Crippen LogP contribution in [0.2, 0.25) is 0 Å². The Balaban J connectivity index is 1.98. The molecule has 2 aromatic carbocycles. The van der Waals surface area contributed by atoms with Gasteiger partial charge in [0.25, 0.3) is 0 Å². The lowest BCUT2D eigenvalue weighted by atomic mass is 10.0. The van der Waals surface area contributed by atoms with Gasteiger partial charge in [-0.25, -0.2) is 14.3 Å². The van der Waals surface area contributed by atoms with E-state index < -0.39 is 11.9 Å². The second kappa shape index (κ2) is 11.7. The van der Waals surface area contributed by atoms with Crippen LogP contribution in [0.3, 0.4) is 0 Å². The fourth-order valence-electron chi connectivity index (χ4n) is 3.38. The molecule has 0 fully saturated rings. The maximum Gasteiger partial charge on any atom is 0.357 e. The van der Waals surface area contributed by atoms with Crippen molar-refractivity contribution in [1.82, 2.24) is 9.78 Å². The first-order chi connectivity index (χ1) is 16.9. The number of phenols is 1. The van der Waals surface area contributed by atoms with Crippen molar-refractivity contribution >= 4 is 17.9 Å². The summed E-state index contributed by atoms with van der Waals surface area (Å²) in [4.78, 5) is 36.8. The molecule has 0 saturated carbocycles. The van der Waals surface area contributed by atoms with Gasteiger partial charge in [0.1, 0.15) is 22.8 Å². The number of carbonyl (C=O) groups is 3. The lowest BCUT2D eigenvalue weighted by Crippen LogP contribution is -2.15. The van der Waals surface area contributed by atoms with Crippen LogP contribution in [-0.4, -0.2) is 60.2 Å². The number of nitrogens with zero attached hydrogens (tertiary/aromatic N) is 2. The maximum absolute atomic E-state index is 12.7. The first kappa shape index (κ1) is 25.3. The molecule has 10 nitrogen and oxygen atoms in total. The molecule has 3 aromatic rings. The van der Waals surface area contributed by atoms with E-state index in [1.54, 1.807) is 43.3 Å². The molecule has 1 aromatic heterocycles. The number of esters is 3. The Morgan fingerprint density at radius 2 is 1.71 bits per heavy atom. The van der Waals surface area contributed by atoms with Crippen LogP contribution >= 0.6 is 0 Å². The van der Waals surface area contributed by atoms with E-state index in [2.05, 4.69) is 5.10 Å². The maximum atomic E-state index is 12.7. The molecule has 0 bridgehead atoms. The summed E-state index contributed by atoms with van der Waals surface area (Å²) in [7, 11) is 2.37. The van der Waals surface area contributed by atoms with Gasteiger partial charge in [0.05, 0.1) is 33.1 Å². The average molecular weight is 482 g/mol. The molecule has 0 spiro atoms. The Bertz CT molecular complexity index is 1200. The van der Waals surface area contributed by atoms with Gasteiger partial charge in [-0.15, -0.1) is 0 Å². The van der Waals surface area contributed by atoms with E-state index in [-0.39, 0.29) is 47.3 Å². The number of para-hydroxylation sites is 1. The predicted molar refractivity (Wildman–Crippen MR) is 125 cm³/mol. The number of hydrogen-bond donors (Lipinski definition) is 1. The zero-order chi connectivity index (χ0) is 25.4. The van der Waals surface area contributed by atoms with Crippen molar-refractivity contribution in [1.29, 1.82) is 0 Å². The van der Waals surface area contributed by atoms with Crippen molar-refractivity contribution in [2.75, 3.05) is 27.4 Å². The summed E-state index contributed by atoms with van der Waals surface area (Å²) in [5.41, 5.74) is 0.433. The minimum atomic E-state index is -0.818. The van der Waals surface area contributed by atoms with Gasteiger partial charge >= 0.3 is 17.9 Å². The molecule has 0 atom stereocenters. The van der Waals surface area contributed by atoms with Gasteiger partial charge in [0.2, 0.25) is 0 Å². The SMILES string of the molecule is CCOC(=O)CCCOc1ccc(-c2nn(-c3ccccc3)c(C(=O)OC)c2C(=O)OC)c(O)c1. The Hall–Kier alpha value is -4.34. The third kappa shape index (κ3) is 5.78. The molecule has 0 unspecified atom stereocenters. The molecule has 0 amide bonds. The molecule has 0 aliphatic heterocycles. The van der Waals surface area contributed by atoms with E-state index in [4.69, 9.17) is 18.9 Å². The topological polar surface area (TPSA) is 126 Å². The second-order valence-corrected chi connectivity index (χ2v) is 7.24. The molecule has 0 aliphatic carbocycles. The minimum Gasteiger partial charge on any atom is -0.507 e. The van der Waals surface area contributed by atoms with E-state index in [0.29, 0.717) is 24.5 Å². The molecular formula is C25H26N2O8. The van der Waals surface area contributed by atoms with Gasteiger partial charge in [0, 0.05) is 18.1 Å². The minimum absolute atomic E-state index is 0.0347. The highest BCUT2D eigenvalue weighted by Crippen LogP contribution is 2.36. The number of carbonyl (C=O) groups excluding carboxylic acids is 3. The van der Waals surface area contributed by atoms with Crippen LogP contribution in [-0.2, 0) is 19.0 Å². The lowest BCUT2D eigenvalue weighted by Gasteiger charge is -2.09. The summed E-state index contributed by atoms with van der Waals surface area (Å²) < 4.78 is 21.5. The number of ether oxygens (including phenoxy) is 4. The Labute approximate surface area is 202 Å². The van der Waals surface area contributed by atoms with Gasteiger partial charge in [-0.2, -0.15) is 5.10 Å². The van der Waals surface area contributed by atoms with Gasteiger partial charge in [-0.3, -0.25) is 4.79 Å². The van der Waals surface area contributed by atoms with E-state index in [9.17, 15) is 19.5 Å². The molecule has 184 valence electrons. The second-order valence-electron chi connectivity index (χ2n) is 7.24. The molecule has 0 aliphatic rings. The van der Waals surface area contributed by atoms with Crippen LogP contribution in [0.15, 0.2) is 48.5 Å². The number of aromatic nitrogens is 2. The monoisotopic (exact) mass is 482 g/mol. The molecule has 3 rings (SSSR count). The molecule has 1 heterocycles. The zero-order valence-electron chi connectivity index (χ0n) is 19.6. The van der Waals surface area contributed by atoms with Gasteiger partial charge in [-0.05, 0) is 37.6 Å². The van der Waals surface area contributed by atoms with Crippen LogP contribution in [0.5, 0.6) is 11.5 Å². The summed E-state index contributed by atoms with van der Waals surface area (Å²) in [5.74, 6) is -1.80. The van der Waals surface area contributed by atoms with Crippen LogP contribution < -0.4 is 4.74 Å². The molecule has 35 heavy (non-hydrogen) atoms. The van der Waals surface area contributed by atoms with Gasteiger partial charge in [0.15, 0.2) is 5.69 Å². The zero-order valence-corrected chi connectivity index (χ0v) is 19.6. The highest BCUT2D eigenvalue weighted by Gasteiger charge is 2.32. The number of hydrogen-bond acceptors (Lipinski definition) is 9. The van der Waals surface area contributed by atoms with Crippen molar-refractivity contribution in [3.63, 3.8) is 0 Å². The average Bonchev–Trinajstić information content (AvgIpc) is 3.27. The summed E-state index contributed by atoms with van der Waals surface area (Å²) in [5, 5.41) is 15.2. The molecule has 0 radical (unpaired) electrons. The summed E-state index contributed by atoms with van der Waals surface area (Å²) >= 11 is 0.